The second kappa shape index (κ2) is 6.34. The predicted molar refractivity (Wildman–Crippen MR) is 101 cm³/mol. The molecule has 0 spiro atoms. The molecule has 1 amide bonds. The molecule has 124 valence electrons. The number of carbonyl (C=O) groups is 1. The topological polar surface area (TPSA) is 23.6 Å². The molecule has 0 aromatic heterocycles. The number of nitrogens with zero attached hydrogens (tertiary/aromatic N) is 2. The van der Waals surface area contributed by atoms with Crippen LogP contribution >= 0.6 is 39.1 Å². The molecule has 3 nitrogen and oxygen atoms in total. The van der Waals surface area contributed by atoms with Gasteiger partial charge >= 0.3 is 0 Å². The van der Waals surface area contributed by atoms with Gasteiger partial charge in [0.05, 0.1) is 16.1 Å². The van der Waals surface area contributed by atoms with E-state index in [9.17, 15) is 4.79 Å². The summed E-state index contributed by atoms with van der Waals surface area (Å²) < 4.78 is 1.02. The van der Waals surface area contributed by atoms with Gasteiger partial charge in [0.15, 0.2) is 0 Å². The van der Waals surface area contributed by atoms with Crippen LogP contribution in [0, 0.1) is 0 Å². The lowest BCUT2D eigenvalue weighted by molar-refractivity contribution is -0.119. The molecule has 0 aliphatic carbocycles. The average Bonchev–Trinajstić information content (AvgIpc) is 3.14. The molecule has 2 atom stereocenters. The fraction of sp³-hybridized carbons (Fsp3) is 0.278. The van der Waals surface area contributed by atoms with Gasteiger partial charge in [-0.15, -0.1) is 0 Å². The van der Waals surface area contributed by atoms with Gasteiger partial charge in [-0.2, -0.15) is 0 Å². The lowest BCUT2D eigenvalue weighted by Gasteiger charge is -2.30. The van der Waals surface area contributed by atoms with Crippen LogP contribution in [0.25, 0.3) is 0 Å². The van der Waals surface area contributed by atoms with Crippen LogP contribution < -0.4 is 4.90 Å². The van der Waals surface area contributed by atoms with E-state index in [0.717, 1.165) is 35.1 Å². The molecule has 24 heavy (non-hydrogen) atoms. The first kappa shape index (κ1) is 16.4. The molecule has 2 aromatic rings. The quantitative estimate of drug-likeness (QED) is 0.654. The first-order valence-corrected chi connectivity index (χ1v) is 9.40. The maximum absolute atomic E-state index is 13.0. The van der Waals surface area contributed by atoms with Gasteiger partial charge in [0.25, 0.3) is 0 Å². The highest BCUT2D eigenvalue weighted by atomic mass is 79.9. The number of amides is 1. The number of anilines is 1. The van der Waals surface area contributed by atoms with Crippen molar-refractivity contribution >= 4 is 50.7 Å². The van der Waals surface area contributed by atoms with Crippen molar-refractivity contribution in [1.29, 1.82) is 0 Å². The molecular weight excluding hydrogens is 411 g/mol. The highest BCUT2D eigenvalue weighted by Gasteiger charge is 2.49. The number of hydrogen-bond acceptors (Lipinski definition) is 2. The minimum absolute atomic E-state index is 0.0481. The van der Waals surface area contributed by atoms with Crippen molar-refractivity contribution in [3.05, 3.63) is 62.5 Å². The Morgan fingerprint density at radius 3 is 2.50 bits per heavy atom. The smallest absolute Gasteiger partial charge is 0.246 e. The van der Waals surface area contributed by atoms with Gasteiger partial charge in [0, 0.05) is 16.7 Å². The molecule has 0 saturated carbocycles. The van der Waals surface area contributed by atoms with Gasteiger partial charge < -0.3 is 0 Å². The Morgan fingerprint density at radius 1 is 1.04 bits per heavy atom. The number of carbonyl (C=O) groups excluding carboxylic acids is 1. The predicted octanol–water partition coefficient (Wildman–Crippen LogP) is 5.27. The molecule has 0 radical (unpaired) electrons. The Kier molecular flexibility index (Phi) is 4.33. The summed E-state index contributed by atoms with van der Waals surface area (Å²) in [5.41, 5.74) is 1.89. The van der Waals surface area contributed by atoms with E-state index in [1.807, 2.05) is 23.1 Å². The maximum atomic E-state index is 13.0. The van der Waals surface area contributed by atoms with Gasteiger partial charge in [-0.25, -0.2) is 0 Å². The molecular formula is C18H15BrCl2N2O. The molecule has 0 N–H and O–H groups in total. The maximum Gasteiger partial charge on any atom is 0.246 e. The lowest BCUT2D eigenvalue weighted by Crippen LogP contribution is -2.32. The number of benzene rings is 2. The minimum atomic E-state index is -0.102. The third-order valence-electron chi connectivity index (χ3n) is 4.72. The van der Waals surface area contributed by atoms with Gasteiger partial charge in [-0.3, -0.25) is 14.6 Å². The van der Waals surface area contributed by atoms with E-state index < -0.39 is 0 Å². The summed E-state index contributed by atoms with van der Waals surface area (Å²) >= 11 is 15.7. The fourth-order valence-electron chi connectivity index (χ4n) is 3.66. The fourth-order valence-corrected chi connectivity index (χ4v) is 4.21. The van der Waals surface area contributed by atoms with Gasteiger partial charge in [-0.1, -0.05) is 51.3 Å². The van der Waals surface area contributed by atoms with Crippen molar-refractivity contribution in [1.82, 2.24) is 4.90 Å². The zero-order valence-electron chi connectivity index (χ0n) is 12.8. The summed E-state index contributed by atoms with van der Waals surface area (Å²) in [5, 5.41) is 0.955. The van der Waals surface area contributed by atoms with Crippen LogP contribution in [0.2, 0.25) is 10.0 Å². The summed E-state index contributed by atoms with van der Waals surface area (Å²) in [6, 6.07) is 13.5. The largest absolute Gasteiger partial charge is 0.290 e. The normalized spacial score (nSPS) is 23.8. The van der Waals surface area contributed by atoms with Crippen LogP contribution in [0.4, 0.5) is 5.69 Å². The third kappa shape index (κ3) is 2.66. The lowest BCUT2D eigenvalue weighted by atomic mass is 10.1. The van der Waals surface area contributed by atoms with Crippen molar-refractivity contribution < 1.29 is 4.79 Å². The summed E-state index contributed by atoms with van der Waals surface area (Å²) in [7, 11) is 0. The van der Waals surface area contributed by atoms with Gasteiger partial charge in [0.2, 0.25) is 5.91 Å². The standard InChI is InChI=1S/C18H15BrCl2N2O/c19-12-5-3-11(4-6-12)17-22-9-1-2-16(22)18(24)23(17)13-7-8-14(20)15(21)10-13/h3-8,10,16-17H,1-2,9H2/t16-,17+/m0/s1. The zero-order valence-corrected chi connectivity index (χ0v) is 15.9. The van der Waals surface area contributed by atoms with Crippen LogP contribution in [-0.4, -0.2) is 23.4 Å². The SMILES string of the molecule is O=C1[C@@H]2CCCN2[C@@H](c2ccc(Br)cc2)N1c1ccc(Cl)c(Cl)c1. The van der Waals surface area contributed by atoms with Crippen molar-refractivity contribution in [2.24, 2.45) is 0 Å². The highest BCUT2D eigenvalue weighted by Crippen LogP contribution is 2.43. The molecule has 2 aliphatic heterocycles. The zero-order chi connectivity index (χ0) is 16.8. The van der Waals surface area contributed by atoms with Gasteiger partial charge in [0.1, 0.15) is 6.17 Å². The average molecular weight is 426 g/mol. The molecule has 0 unspecified atom stereocenters. The Morgan fingerprint density at radius 2 is 1.79 bits per heavy atom. The Hall–Kier alpha value is -1.07. The molecule has 2 aromatic carbocycles. The molecule has 2 fully saturated rings. The van der Waals surface area contributed by atoms with Crippen molar-refractivity contribution in [2.75, 3.05) is 11.4 Å². The first-order valence-electron chi connectivity index (χ1n) is 7.85. The van der Waals surface area contributed by atoms with Crippen LogP contribution in [0.1, 0.15) is 24.6 Å². The second-order valence-electron chi connectivity index (χ2n) is 6.13. The Bertz CT molecular complexity index is 796. The second-order valence-corrected chi connectivity index (χ2v) is 7.86. The summed E-state index contributed by atoms with van der Waals surface area (Å²) in [6.45, 7) is 0.926. The summed E-state index contributed by atoms with van der Waals surface area (Å²) in [6.07, 6.45) is 1.86. The number of fused-ring (bicyclic) bond motifs is 1. The third-order valence-corrected chi connectivity index (χ3v) is 5.99. The monoisotopic (exact) mass is 424 g/mol. The van der Waals surface area contributed by atoms with Crippen LogP contribution in [0.3, 0.4) is 0 Å². The van der Waals surface area contributed by atoms with Crippen LogP contribution in [-0.2, 0) is 4.79 Å². The van der Waals surface area contributed by atoms with E-state index in [4.69, 9.17) is 23.2 Å². The van der Waals surface area contributed by atoms with Crippen LogP contribution in [0.15, 0.2) is 46.9 Å². The van der Waals surface area contributed by atoms with E-state index in [1.54, 1.807) is 12.1 Å². The molecule has 6 heteroatoms. The van der Waals surface area contributed by atoms with E-state index in [2.05, 4.69) is 33.0 Å². The first-order chi connectivity index (χ1) is 11.6. The van der Waals surface area contributed by atoms with E-state index in [0.29, 0.717) is 10.0 Å². The number of hydrogen-bond donors (Lipinski definition) is 0. The molecule has 2 saturated heterocycles. The molecule has 0 bridgehead atoms. The van der Waals surface area contributed by atoms with Crippen molar-refractivity contribution in [3.63, 3.8) is 0 Å². The molecule has 2 heterocycles. The number of halogens is 3. The van der Waals surface area contributed by atoms with Crippen molar-refractivity contribution in [3.8, 4) is 0 Å². The molecule has 2 aliphatic rings. The Labute approximate surface area is 159 Å². The van der Waals surface area contributed by atoms with E-state index >= 15 is 0 Å². The Balaban J connectivity index is 1.81. The number of rotatable bonds is 2. The van der Waals surface area contributed by atoms with Crippen molar-refractivity contribution in [2.45, 2.75) is 25.0 Å². The summed E-state index contributed by atoms with van der Waals surface area (Å²) in [4.78, 5) is 17.2. The van der Waals surface area contributed by atoms with Crippen LogP contribution in [0.5, 0.6) is 0 Å². The highest BCUT2D eigenvalue weighted by molar-refractivity contribution is 9.10. The minimum Gasteiger partial charge on any atom is -0.290 e. The van der Waals surface area contributed by atoms with E-state index in [-0.39, 0.29) is 18.1 Å². The van der Waals surface area contributed by atoms with E-state index in [1.165, 1.54) is 0 Å². The van der Waals surface area contributed by atoms with Gasteiger partial charge in [-0.05, 0) is 48.7 Å². The molecule has 4 rings (SSSR count). The summed E-state index contributed by atoms with van der Waals surface area (Å²) in [5.74, 6) is 0.138.